The second kappa shape index (κ2) is 6.13. The minimum Gasteiger partial charge on any atom is -0.369 e. The van der Waals surface area contributed by atoms with E-state index in [9.17, 15) is 10.1 Å². The minimum atomic E-state index is -0.532. The first-order valence-corrected chi connectivity index (χ1v) is 7.65. The summed E-state index contributed by atoms with van der Waals surface area (Å²) in [6.07, 6.45) is -0.00511. The Balaban J connectivity index is 1.85. The molecular weight excluding hydrogens is 302 g/mol. The van der Waals surface area contributed by atoms with Gasteiger partial charge in [0.25, 0.3) is 5.69 Å². The molecule has 0 N–H and O–H groups in total. The monoisotopic (exact) mass is 315 g/mol. The second-order valence-corrected chi connectivity index (χ2v) is 5.87. The summed E-state index contributed by atoms with van der Waals surface area (Å²) < 4.78 is 5.79. The molecule has 0 spiro atoms. The average molecular weight is 315 g/mol. The fourth-order valence-electron chi connectivity index (χ4n) is 2.50. The van der Waals surface area contributed by atoms with E-state index in [-0.39, 0.29) is 17.4 Å². The molecular formula is C15H13N3O3S. The third-order valence-corrected chi connectivity index (χ3v) is 4.55. The number of hydrogen-bond acceptors (Lipinski definition) is 6. The van der Waals surface area contributed by atoms with Crippen LogP contribution in [0, 0.1) is 21.4 Å². The molecule has 0 aliphatic carbocycles. The Morgan fingerprint density at radius 3 is 3.00 bits per heavy atom. The number of rotatable bonds is 3. The van der Waals surface area contributed by atoms with Crippen LogP contribution in [0.1, 0.15) is 16.5 Å². The van der Waals surface area contributed by atoms with E-state index in [1.54, 1.807) is 23.5 Å². The maximum absolute atomic E-state index is 10.9. The lowest BCUT2D eigenvalue weighted by atomic mass is 10.1. The maximum atomic E-state index is 10.9. The van der Waals surface area contributed by atoms with E-state index in [4.69, 9.17) is 10.00 Å². The summed E-state index contributed by atoms with van der Waals surface area (Å²) in [5.41, 5.74) is 0.739. The van der Waals surface area contributed by atoms with Crippen molar-refractivity contribution in [1.82, 2.24) is 0 Å². The Hall–Kier alpha value is -2.43. The van der Waals surface area contributed by atoms with Gasteiger partial charge in [-0.1, -0.05) is 6.07 Å². The molecule has 2 heterocycles. The maximum Gasteiger partial charge on any atom is 0.287 e. The van der Waals surface area contributed by atoms with Crippen LogP contribution >= 0.6 is 11.3 Å². The highest BCUT2D eigenvalue weighted by Gasteiger charge is 2.24. The fraction of sp³-hybridized carbons (Fsp3) is 0.267. The van der Waals surface area contributed by atoms with Gasteiger partial charge in [-0.25, -0.2) is 0 Å². The smallest absolute Gasteiger partial charge is 0.287 e. The van der Waals surface area contributed by atoms with Crippen molar-refractivity contribution in [2.24, 2.45) is 0 Å². The standard InChI is InChI=1S/C15H13N3O3S/c16-9-11-8-12(3-4-13(11)18(19)20)17-5-6-21-14(10-17)15-2-1-7-22-15/h1-4,7-8,14H,5-6,10H2/t14-/m1/s1. The number of nitro benzene ring substituents is 1. The predicted octanol–water partition coefficient (Wildman–Crippen LogP) is 3.11. The van der Waals surface area contributed by atoms with Gasteiger partial charge in [0.05, 0.1) is 11.5 Å². The largest absolute Gasteiger partial charge is 0.369 e. The van der Waals surface area contributed by atoms with Gasteiger partial charge in [0, 0.05) is 29.7 Å². The molecule has 0 bridgehead atoms. The van der Waals surface area contributed by atoms with Crippen LogP contribution < -0.4 is 4.90 Å². The normalized spacial score (nSPS) is 18.0. The van der Waals surface area contributed by atoms with Crippen LogP contribution in [-0.4, -0.2) is 24.6 Å². The average Bonchev–Trinajstić information content (AvgIpc) is 3.08. The molecule has 0 radical (unpaired) electrons. The Kier molecular flexibility index (Phi) is 4.04. The minimum absolute atomic E-state index is 0.00511. The molecule has 3 rings (SSSR count). The molecule has 2 aromatic rings. The van der Waals surface area contributed by atoms with Gasteiger partial charge in [0.1, 0.15) is 17.7 Å². The summed E-state index contributed by atoms with van der Waals surface area (Å²) in [7, 11) is 0. The van der Waals surface area contributed by atoms with Gasteiger partial charge in [0.2, 0.25) is 0 Å². The summed E-state index contributed by atoms with van der Waals surface area (Å²) in [5, 5.41) is 22.0. The van der Waals surface area contributed by atoms with Crippen LogP contribution in [-0.2, 0) is 4.74 Å². The zero-order valence-electron chi connectivity index (χ0n) is 11.6. The lowest BCUT2D eigenvalue weighted by Gasteiger charge is -2.34. The highest BCUT2D eigenvalue weighted by Crippen LogP contribution is 2.30. The van der Waals surface area contributed by atoms with E-state index in [2.05, 4.69) is 4.90 Å². The Labute approximate surface area is 131 Å². The van der Waals surface area contributed by atoms with Gasteiger partial charge < -0.3 is 9.64 Å². The van der Waals surface area contributed by atoms with Crippen molar-refractivity contribution in [3.05, 3.63) is 56.3 Å². The quantitative estimate of drug-likeness (QED) is 0.642. The molecule has 0 saturated carbocycles. The van der Waals surface area contributed by atoms with E-state index in [1.165, 1.54) is 6.07 Å². The summed E-state index contributed by atoms with van der Waals surface area (Å²) in [6.45, 7) is 1.95. The number of hydrogen-bond donors (Lipinski definition) is 0. The predicted molar refractivity (Wildman–Crippen MR) is 83.0 cm³/mol. The topological polar surface area (TPSA) is 79.4 Å². The van der Waals surface area contributed by atoms with Crippen molar-refractivity contribution in [3.63, 3.8) is 0 Å². The van der Waals surface area contributed by atoms with Crippen molar-refractivity contribution in [3.8, 4) is 6.07 Å². The molecule has 1 atom stereocenters. The molecule has 0 amide bonds. The van der Waals surface area contributed by atoms with E-state index in [0.29, 0.717) is 19.7 Å². The Morgan fingerprint density at radius 1 is 1.45 bits per heavy atom. The van der Waals surface area contributed by atoms with Gasteiger partial charge in [-0.2, -0.15) is 5.26 Å². The second-order valence-electron chi connectivity index (χ2n) is 4.89. The fourth-order valence-corrected chi connectivity index (χ4v) is 3.27. The van der Waals surface area contributed by atoms with Crippen LogP contribution in [0.25, 0.3) is 0 Å². The number of nitro groups is 1. The van der Waals surface area contributed by atoms with E-state index in [1.807, 2.05) is 23.6 Å². The van der Waals surface area contributed by atoms with Crippen LogP contribution in [0.4, 0.5) is 11.4 Å². The summed E-state index contributed by atoms with van der Waals surface area (Å²) in [4.78, 5) is 13.6. The third kappa shape index (κ3) is 2.79. The van der Waals surface area contributed by atoms with Gasteiger partial charge >= 0.3 is 0 Å². The van der Waals surface area contributed by atoms with Crippen LogP contribution in [0.3, 0.4) is 0 Å². The SMILES string of the molecule is N#Cc1cc(N2CCO[C@@H](c3cccs3)C2)ccc1[N+](=O)[O-]. The Bertz CT molecular complexity index is 724. The van der Waals surface area contributed by atoms with Gasteiger partial charge in [0.15, 0.2) is 0 Å². The zero-order valence-corrected chi connectivity index (χ0v) is 12.5. The molecule has 0 unspecified atom stereocenters. The first-order valence-electron chi connectivity index (χ1n) is 6.77. The van der Waals surface area contributed by atoms with Gasteiger partial charge in [-0.05, 0) is 23.6 Å². The number of ether oxygens (including phenoxy) is 1. The summed E-state index contributed by atoms with van der Waals surface area (Å²) in [6, 6.07) is 10.6. The summed E-state index contributed by atoms with van der Waals surface area (Å²) in [5.74, 6) is 0. The molecule has 1 fully saturated rings. The number of nitrogens with zero attached hydrogens (tertiary/aromatic N) is 3. The van der Waals surface area contributed by atoms with Crippen LogP contribution in [0.5, 0.6) is 0 Å². The molecule has 1 aromatic heterocycles. The van der Waals surface area contributed by atoms with Crippen LogP contribution in [0.15, 0.2) is 35.7 Å². The molecule has 1 saturated heterocycles. The first-order chi connectivity index (χ1) is 10.7. The first kappa shape index (κ1) is 14.5. The van der Waals surface area contributed by atoms with Crippen molar-refractivity contribution < 1.29 is 9.66 Å². The highest BCUT2D eigenvalue weighted by atomic mass is 32.1. The molecule has 1 aliphatic rings. The van der Waals surface area contributed by atoms with E-state index < -0.39 is 4.92 Å². The Morgan fingerprint density at radius 2 is 2.32 bits per heavy atom. The lowest BCUT2D eigenvalue weighted by Crippen LogP contribution is -2.38. The lowest BCUT2D eigenvalue weighted by molar-refractivity contribution is -0.385. The molecule has 1 aromatic carbocycles. The van der Waals surface area contributed by atoms with E-state index >= 15 is 0 Å². The number of morpholine rings is 1. The van der Waals surface area contributed by atoms with E-state index in [0.717, 1.165) is 10.6 Å². The van der Waals surface area contributed by atoms with Crippen molar-refractivity contribution in [2.75, 3.05) is 24.6 Å². The van der Waals surface area contributed by atoms with Crippen molar-refractivity contribution in [1.29, 1.82) is 5.26 Å². The number of thiophene rings is 1. The van der Waals surface area contributed by atoms with Crippen molar-refractivity contribution in [2.45, 2.75) is 6.10 Å². The van der Waals surface area contributed by atoms with Crippen LogP contribution in [0.2, 0.25) is 0 Å². The van der Waals surface area contributed by atoms with Gasteiger partial charge in [-0.3, -0.25) is 10.1 Å². The number of benzene rings is 1. The molecule has 1 aliphatic heterocycles. The number of nitriles is 1. The number of anilines is 1. The zero-order chi connectivity index (χ0) is 15.5. The third-order valence-electron chi connectivity index (χ3n) is 3.59. The molecule has 7 heteroatoms. The molecule has 6 nitrogen and oxygen atoms in total. The molecule has 22 heavy (non-hydrogen) atoms. The van der Waals surface area contributed by atoms with Crippen molar-refractivity contribution >= 4 is 22.7 Å². The highest BCUT2D eigenvalue weighted by molar-refractivity contribution is 7.10. The molecule has 112 valence electrons. The van der Waals surface area contributed by atoms with Gasteiger partial charge in [-0.15, -0.1) is 11.3 Å². The summed E-state index contributed by atoms with van der Waals surface area (Å²) >= 11 is 1.65.